The van der Waals surface area contributed by atoms with Crippen LogP contribution in [-0.2, 0) is 22.7 Å². The molecule has 23 rings (SSSR count). The van der Waals surface area contributed by atoms with Gasteiger partial charge in [-0.2, -0.15) is 0 Å². The molecule has 7 heterocycles. The summed E-state index contributed by atoms with van der Waals surface area (Å²) in [6, 6.07) is 112. The summed E-state index contributed by atoms with van der Waals surface area (Å²) in [5.74, 6) is 5.25. The Morgan fingerprint density at radius 2 is 0.779 bits per heavy atom. The maximum atomic E-state index is 6.41. The van der Waals surface area contributed by atoms with Crippen LogP contribution in [-0.4, -0.2) is 23.8 Å². The molecule has 0 radical (unpaired) electrons. The van der Waals surface area contributed by atoms with Crippen LogP contribution in [0.25, 0.3) is 71.9 Å². The lowest BCUT2D eigenvalue weighted by atomic mass is 9.64. The highest BCUT2D eigenvalue weighted by molar-refractivity contribution is 7.14. The van der Waals surface area contributed by atoms with E-state index in [0.29, 0.717) is 59.6 Å². The smallest absolute Gasteiger partial charge is 0.143 e. The number of morpholine rings is 1. The van der Waals surface area contributed by atoms with Crippen molar-refractivity contribution in [1.29, 1.82) is 0 Å². The Morgan fingerprint density at radius 3 is 1.41 bits per heavy atom. The molecule has 12 aromatic carbocycles. The molecule has 6 nitrogen and oxygen atoms in total. The van der Waals surface area contributed by atoms with Gasteiger partial charge in [-0.05, 0) is 194 Å². The number of ether oxygens (including phenoxy) is 3. The van der Waals surface area contributed by atoms with E-state index in [1.807, 2.05) is 17.4 Å². The van der Waals surface area contributed by atoms with Gasteiger partial charge in [0.2, 0.25) is 0 Å². The van der Waals surface area contributed by atoms with Crippen LogP contribution >= 0.6 is 11.3 Å². The highest BCUT2D eigenvalue weighted by Gasteiger charge is 2.46. The first kappa shape index (κ1) is 90.4. The summed E-state index contributed by atoms with van der Waals surface area (Å²) in [5.41, 5.74) is 35.0. The van der Waals surface area contributed by atoms with Crippen molar-refractivity contribution in [3.63, 3.8) is 0 Å². The number of rotatable bonds is 0. The van der Waals surface area contributed by atoms with E-state index >= 15 is 0 Å². The summed E-state index contributed by atoms with van der Waals surface area (Å²) in [5, 5.41) is 7.12. The number of hydrogen-bond acceptors (Lipinski definition) is 6. The van der Waals surface area contributed by atoms with E-state index in [9.17, 15) is 0 Å². The van der Waals surface area contributed by atoms with Gasteiger partial charge in [0.05, 0.1) is 31.1 Å². The molecule has 10 unspecified atom stereocenters. The zero-order valence-corrected chi connectivity index (χ0v) is 81.3. The van der Waals surface area contributed by atoms with Gasteiger partial charge in [-0.15, -0.1) is 11.3 Å². The number of thiophene rings is 1. The third-order valence-electron chi connectivity index (χ3n) is 28.8. The molecule has 131 heavy (non-hydrogen) atoms. The minimum absolute atomic E-state index is 0.103. The molecular formula is C124H134N2O4S. The SMILES string of the molecule is CC(C)(C)C1c2ccccc2-c2cccn2-c2ccccc21.CC(C)(C)C1c2ccccc2-c2ccsc2-c2ccccc21.CC(C)(C)C1c2ccccc2-c2oc3ccccc3c2-c2ccccc21.CC(C)(C)C1c2ccccc2C2NCCOC2c2ccccc21.CC(C)(C)C1c2ccccc2COC2CCCCC21.CC(C)(C)C1c2ccccc2COc2ccccc21. The van der Waals surface area contributed by atoms with Crippen molar-refractivity contribution in [3.8, 4) is 66.7 Å². The Bertz CT molecular complexity index is 6190. The van der Waals surface area contributed by atoms with E-state index in [-0.39, 0.29) is 39.2 Å². The van der Waals surface area contributed by atoms with Crippen molar-refractivity contribution in [2.24, 2.45) is 38.4 Å². The highest BCUT2D eigenvalue weighted by Crippen LogP contribution is 2.59. The van der Waals surface area contributed by atoms with Gasteiger partial charge in [0.25, 0.3) is 0 Å². The first-order chi connectivity index (χ1) is 62.9. The molecule has 0 bridgehead atoms. The van der Waals surface area contributed by atoms with Gasteiger partial charge < -0.3 is 28.5 Å². The number of hydrogen-bond donors (Lipinski definition) is 1. The topological polar surface area (TPSA) is 57.8 Å². The predicted molar refractivity (Wildman–Crippen MR) is 549 cm³/mol. The van der Waals surface area contributed by atoms with Gasteiger partial charge >= 0.3 is 0 Å². The molecule has 670 valence electrons. The Balaban J connectivity index is 0.000000106. The van der Waals surface area contributed by atoms with Crippen LogP contribution < -0.4 is 10.1 Å². The zero-order valence-electron chi connectivity index (χ0n) is 80.5. The average molecular weight is 1750 g/mol. The summed E-state index contributed by atoms with van der Waals surface area (Å²) in [6.07, 6.45) is 8.06. The number of nitrogens with zero attached hydrogens (tertiary/aromatic N) is 1. The van der Waals surface area contributed by atoms with Crippen molar-refractivity contribution in [1.82, 2.24) is 9.88 Å². The summed E-state index contributed by atoms with van der Waals surface area (Å²) >= 11 is 1.86. The van der Waals surface area contributed by atoms with Gasteiger partial charge in [0, 0.05) is 86.1 Å². The van der Waals surface area contributed by atoms with Crippen LogP contribution in [0, 0.1) is 38.4 Å². The van der Waals surface area contributed by atoms with Crippen molar-refractivity contribution in [2.45, 2.75) is 217 Å². The van der Waals surface area contributed by atoms with E-state index in [4.69, 9.17) is 18.6 Å². The Labute approximate surface area is 785 Å². The molecule has 4 aliphatic heterocycles. The second-order valence-corrected chi connectivity index (χ2v) is 45.0. The minimum atomic E-state index is 0.103. The van der Waals surface area contributed by atoms with Crippen LogP contribution in [0.1, 0.15) is 281 Å². The number of para-hydroxylation sites is 3. The summed E-state index contributed by atoms with van der Waals surface area (Å²) in [6.45, 7) is 45.3. The Kier molecular flexibility index (Phi) is 25.4. The molecule has 1 N–H and O–H groups in total. The fraction of sp³-hybridized carbons (Fsp3) is 0.339. The van der Waals surface area contributed by atoms with E-state index in [2.05, 4.69) is 449 Å². The van der Waals surface area contributed by atoms with Gasteiger partial charge in [0.1, 0.15) is 29.8 Å². The first-order valence-corrected chi connectivity index (χ1v) is 49.1. The Morgan fingerprint density at radius 1 is 0.336 bits per heavy atom. The zero-order chi connectivity index (χ0) is 91.5. The second-order valence-electron chi connectivity index (χ2n) is 44.1. The van der Waals surface area contributed by atoms with Crippen LogP contribution in [0.2, 0.25) is 0 Å². The number of nitrogens with one attached hydrogen (secondary N) is 1. The van der Waals surface area contributed by atoms with Crippen molar-refractivity contribution < 1.29 is 18.6 Å². The highest BCUT2D eigenvalue weighted by atomic mass is 32.1. The Hall–Kier alpha value is -11.2. The molecule has 1 saturated heterocycles. The fourth-order valence-electron chi connectivity index (χ4n) is 23.8. The molecule has 1 saturated carbocycles. The third-order valence-corrected chi connectivity index (χ3v) is 29.7. The van der Waals surface area contributed by atoms with Gasteiger partial charge in [0.15, 0.2) is 0 Å². The summed E-state index contributed by atoms with van der Waals surface area (Å²) in [7, 11) is 0. The molecule has 2 fully saturated rings. The average Bonchev–Trinajstić information content (AvgIpc) is 1.67. The maximum absolute atomic E-state index is 6.41. The molecular weight excluding hydrogens is 1610 g/mol. The van der Waals surface area contributed by atoms with Crippen LogP contribution in [0.3, 0.4) is 0 Å². The van der Waals surface area contributed by atoms with Gasteiger partial charge in [-0.3, -0.25) is 0 Å². The summed E-state index contributed by atoms with van der Waals surface area (Å²) in [4.78, 5) is 1.41. The monoisotopic (exact) mass is 1750 g/mol. The van der Waals surface area contributed by atoms with E-state index in [0.717, 1.165) is 36.9 Å². The van der Waals surface area contributed by atoms with Crippen molar-refractivity contribution >= 4 is 22.3 Å². The van der Waals surface area contributed by atoms with Gasteiger partial charge in [-0.1, -0.05) is 410 Å². The molecule has 0 amide bonds. The molecule has 10 atom stereocenters. The molecule has 0 spiro atoms. The molecule has 4 aliphatic carbocycles. The van der Waals surface area contributed by atoms with Crippen molar-refractivity contribution in [3.05, 3.63) is 404 Å². The maximum Gasteiger partial charge on any atom is 0.143 e. The lowest BCUT2D eigenvalue weighted by Gasteiger charge is -2.42. The van der Waals surface area contributed by atoms with Gasteiger partial charge in [-0.25, -0.2) is 0 Å². The number of aromatic nitrogens is 1. The van der Waals surface area contributed by atoms with Crippen molar-refractivity contribution in [2.75, 3.05) is 13.2 Å². The fourth-order valence-corrected chi connectivity index (χ4v) is 24.7. The third kappa shape index (κ3) is 17.9. The predicted octanol–water partition coefficient (Wildman–Crippen LogP) is 33.7. The first-order valence-electron chi connectivity index (χ1n) is 48.3. The normalized spacial score (nSPS) is 20.5. The quantitative estimate of drug-likeness (QED) is 0.164. The largest absolute Gasteiger partial charge is 0.489 e. The number of benzene rings is 12. The van der Waals surface area contributed by atoms with Crippen LogP contribution in [0.15, 0.2) is 325 Å². The molecule has 7 heteroatoms. The number of fused-ring (bicyclic) bond motifs is 26. The van der Waals surface area contributed by atoms with E-state index in [1.54, 1.807) is 5.56 Å². The lowest BCUT2D eigenvalue weighted by Crippen LogP contribution is -2.37. The molecule has 3 aromatic heterocycles. The van der Waals surface area contributed by atoms with Crippen LogP contribution in [0.4, 0.5) is 0 Å². The molecule has 8 aliphatic rings. The minimum Gasteiger partial charge on any atom is -0.489 e. The van der Waals surface area contributed by atoms with E-state index in [1.165, 1.54) is 164 Å². The second kappa shape index (κ2) is 36.8. The molecule has 15 aromatic rings. The summed E-state index contributed by atoms with van der Waals surface area (Å²) < 4.78 is 27.3. The lowest BCUT2D eigenvalue weighted by molar-refractivity contribution is -0.0325. The standard InChI is InChI=1S/C25H22O.C21H25NO.C21H21N.C21H20S.C18H26O.C18H20O/c1-25(2,3)23-17-11-5-4-10-16(17)22-20-14-8-9-15-21(20)26-24(22)19-13-7-6-12-18(19)23;1-21(2,3)18-14-8-4-6-10-16(14)19-20(23-13-12-22-19)17-11-7-5-9-15(17)18;1-21(2,3)20-16-10-5-4-9-15(16)18-13-8-14-22(18)19-12-7-6-11-17(19)20;1-21(2,3)19-15-9-5-4-8-14(15)18-12-13-22-20(18)17-11-7-6-10-16(17)19;2*1-18(2,3)17-14-9-5-4-8-13(14)12-19-16-11-7-6-10-15(16)17/h4-15,23H,1-3H3;4-11,18-20,22H,12-13H2,1-3H3;4-14,20H,1-3H3;4-13,19H,1-3H3;4-5,8-9,15-17H,6-7,10-12H2,1-3H3;4-11,17H,12H2,1-3H3. The number of furan rings is 1. The van der Waals surface area contributed by atoms with Crippen LogP contribution in [0.5, 0.6) is 5.75 Å². The van der Waals surface area contributed by atoms with E-state index < -0.39 is 0 Å².